The largest absolute Gasteiger partial charge is 0.312 e. The topological polar surface area (TPSA) is 53.6 Å². The first kappa shape index (κ1) is 14.3. The number of aromatic nitrogens is 3. The van der Waals surface area contributed by atoms with Crippen LogP contribution >= 0.6 is 0 Å². The first-order valence-corrected chi connectivity index (χ1v) is 7.96. The van der Waals surface area contributed by atoms with Crippen LogP contribution in [0.3, 0.4) is 0 Å². The van der Waals surface area contributed by atoms with E-state index in [2.05, 4.69) is 33.5 Å². The highest BCUT2D eigenvalue weighted by Crippen LogP contribution is 2.28. The van der Waals surface area contributed by atoms with Gasteiger partial charge in [0, 0.05) is 30.1 Å². The quantitative estimate of drug-likeness (QED) is 0.885. The van der Waals surface area contributed by atoms with Crippen LogP contribution in [0.4, 0.5) is 0 Å². The van der Waals surface area contributed by atoms with Crippen LogP contribution in [0, 0.1) is 11.8 Å². The van der Waals surface area contributed by atoms with Gasteiger partial charge in [-0.2, -0.15) is 5.10 Å². The Labute approximate surface area is 126 Å². The van der Waals surface area contributed by atoms with Crippen molar-refractivity contribution in [2.24, 2.45) is 11.8 Å². The molecule has 1 aliphatic carbocycles. The highest BCUT2D eigenvalue weighted by Gasteiger charge is 2.18. The summed E-state index contributed by atoms with van der Waals surface area (Å²) < 4.78 is 0. The summed E-state index contributed by atoms with van der Waals surface area (Å²) in [6, 6.07) is 4.02. The van der Waals surface area contributed by atoms with Crippen molar-refractivity contribution in [2.45, 2.75) is 39.2 Å². The molecule has 1 saturated carbocycles. The Bertz CT molecular complexity index is 549. The molecule has 0 amide bonds. The maximum Gasteiger partial charge on any atom is 0.0710 e. The SMILES string of the molecule is CC1CCCC(CNCc2cn[nH]c2-c2cccnc2)C1. The molecule has 2 unspecified atom stereocenters. The summed E-state index contributed by atoms with van der Waals surface area (Å²) in [4.78, 5) is 4.18. The first-order chi connectivity index (χ1) is 10.3. The second-order valence-electron chi connectivity index (χ2n) is 6.28. The molecule has 4 heteroatoms. The molecule has 0 aliphatic heterocycles. The van der Waals surface area contributed by atoms with Gasteiger partial charge in [-0.05, 0) is 43.4 Å². The number of rotatable bonds is 5. The Kier molecular flexibility index (Phi) is 4.65. The van der Waals surface area contributed by atoms with Gasteiger partial charge in [-0.25, -0.2) is 0 Å². The van der Waals surface area contributed by atoms with Gasteiger partial charge in [0.15, 0.2) is 0 Å². The normalized spacial score (nSPS) is 22.3. The zero-order valence-electron chi connectivity index (χ0n) is 12.7. The summed E-state index contributed by atoms with van der Waals surface area (Å²) in [5.74, 6) is 1.73. The number of hydrogen-bond acceptors (Lipinski definition) is 3. The smallest absolute Gasteiger partial charge is 0.0710 e. The molecule has 0 bridgehead atoms. The summed E-state index contributed by atoms with van der Waals surface area (Å²) in [5.41, 5.74) is 3.39. The fourth-order valence-corrected chi connectivity index (χ4v) is 3.36. The Morgan fingerprint density at radius 1 is 1.33 bits per heavy atom. The molecule has 0 spiro atoms. The van der Waals surface area contributed by atoms with Crippen LogP contribution in [-0.4, -0.2) is 21.7 Å². The molecule has 2 heterocycles. The minimum Gasteiger partial charge on any atom is -0.312 e. The lowest BCUT2D eigenvalue weighted by molar-refractivity contribution is 0.274. The van der Waals surface area contributed by atoms with Gasteiger partial charge in [-0.1, -0.05) is 19.8 Å². The molecule has 1 aliphatic rings. The van der Waals surface area contributed by atoms with Gasteiger partial charge in [0.1, 0.15) is 0 Å². The zero-order valence-corrected chi connectivity index (χ0v) is 12.7. The Hall–Kier alpha value is -1.68. The maximum atomic E-state index is 4.18. The summed E-state index contributed by atoms with van der Waals surface area (Å²) in [6.07, 6.45) is 11.1. The number of pyridine rings is 1. The van der Waals surface area contributed by atoms with Gasteiger partial charge in [0.05, 0.1) is 11.9 Å². The van der Waals surface area contributed by atoms with E-state index in [-0.39, 0.29) is 0 Å². The van der Waals surface area contributed by atoms with E-state index in [0.717, 1.165) is 36.2 Å². The molecular formula is C17H24N4. The Morgan fingerprint density at radius 3 is 3.10 bits per heavy atom. The minimum absolute atomic E-state index is 0.836. The van der Waals surface area contributed by atoms with Gasteiger partial charge < -0.3 is 5.32 Å². The van der Waals surface area contributed by atoms with Crippen LogP contribution in [0.15, 0.2) is 30.7 Å². The third-order valence-electron chi connectivity index (χ3n) is 4.46. The van der Waals surface area contributed by atoms with Crippen molar-refractivity contribution < 1.29 is 0 Å². The standard InChI is InChI=1S/C17H24N4/c1-13-4-2-5-14(8-13)9-19-11-16-12-20-21-17(16)15-6-3-7-18-10-15/h3,6-7,10,12-14,19H,2,4-5,8-9,11H2,1H3,(H,20,21). The van der Waals surface area contributed by atoms with Crippen molar-refractivity contribution in [2.75, 3.05) is 6.54 Å². The summed E-state index contributed by atoms with van der Waals surface area (Å²) in [7, 11) is 0. The molecule has 1 fully saturated rings. The van der Waals surface area contributed by atoms with Crippen LogP contribution < -0.4 is 5.32 Å². The molecule has 0 aromatic carbocycles. The van der Waals surface area contributed by atoms with E-state index in [4.69, 9.17) is 0 Å². The molecule has 0 saturated heterocycles. The van der Waals surface area contributed by atoms with Gasteiger partial charge in [-0.3, -0.25) is 10.1 Å². The van der Waals surface area contributed by atoms with Crippen molar-refractivity contribution in [3.8, 4) is 11.3 Å². The molecule has 2 aromatic heterocycles. The van der Waals surface area contributed by atoms with Gasteiger partial charge in [0.25, 0.3) is 0 Å². The second-order valence-corrected chi connectivity index (χ2v) is 6.28. The average molecular weight is 284 g/mol. The predicted octanol–water partition coefficient (Wildman–Crippen LogP) is 3.39. The molecule has 3 rings (SSSR count). The number of aromatic amines is 1. The Balaban J connectivity index is 1.55. The van der Waals surface area contributed by atoms with Crippen LogP contribution in [0.2, 0.25) is 0 Å². The molecule has 2 aromatic rings. The average Bonchev–Trinajstić information content (AvgIpc) is 2.97. The molecule has 0 radical (unpaired) electrons. The fourth-order valence-electron chi connectivity index (χ4n) is 3.36. The van der Waals surface area contributed by atoms with Crippen molar-refractivity contribution in [3.05, 3.63) is 36.3 Å². The van der Waals surface area contributed by atoms with Crippen molar-refractivity contribution in [3.63, 3.8) is 0 Å². The molecule has 112 valence electrons. The van der Waals surface area contributed by atoms with E-state index < -0.39 is 0 Å². The van der Waals surface area contributed by atoms with E-state index in [1.807, 2.05) is 18.5 Å². The number of nitrogens with zero attached hydrogens (tertiary/aromatic N) is 2. The van der Waals surface area contributed by atoms with Gasteiger partial charge in [0.2, 0.25) is 0 Å². The highest BCUT2D eigenvalue weighted by molar-refractivity contribution is 5.61. The summed E-state index contributed by atoms with van der Waals surface area (Å²) in [5, 5.41) is 10.9. The van der Waals surface area contributed by atoms with Crippen LogP contribution in [0.25, 0.3) is 11.3 Å². The van der Waals surface area contributed by atoms with E-state index >= 15 is 0 Å². The van der Waals surface area contributed by atoms with Crippen LogP contribution in [-0.2, 0) is 6.54 Å². The zero-order chi connectivity index (χ0) is 14.5. The molecule has 2 N–H and O–H groups in total. The monoisotopic (exact) mass is 284 g/mol. The summed E-state index contributed by atoms with van der Waals surface area (Å²) >= 11 is 0. The number of hydrogen-bond donors (Lipinski definition) is 2. The predicted molar refractivity (Wildman–Crippen MR) is 84.6 cm³/mol. The lowest BCUT2D eigenvalue weighted by Gasteiger charge is -2.26. The van der Waals surface area contributed by atoms with E-state index in [1.54, 1.807) is 6.20 Å². The van der Waals surface area contributed by atoms with E-state index in [1.165, 1.54) is 31.2 Å². The van der Waals surface area contributed by atoms with Crippen molar-refractivity contribution in [1.82, 2.24) is 20.5 Å². The molecule has 21 heavy (non-hydrogen) atoms. The number of nitrogens with one attached hydrogen (secondary N) is 2. The molecule has 4 nitrogen and oxygen atoms in total. The number of H-pyrrole nitrogens is 1. The third-order valence-corrected chi connectivity index (χ3v) is 4.46. The molecule has 2 atom stereocenters. The Morgan fingerprint density at radius 2 is 2.29 bits per heavy atom. The van der Waals surface area contributed by atoms with E-state index in [0.29, 0.717) is 0 Å². The van der Waals surface area contributed by atoms with Gasteiger partial charge >= 0.3 is 0 Å². The van der Waals surface area contributed by atoms with Crippen molar-refractivity contribution >= 4 is 0 Å². The van der Waals surface area contributed by atoms with Crippen LogP contribution in [0.5, 0.6) is 0 Å². The van der Waals surface area contributed by atoms with Crippen LogP contribution in [0.1, 0.15) is 38.2 Å². The van der Waals surface area contributed by atoms with Crippen molar-refractivity contribution in [1.29, 1.82) is 0 Å². The lowest BCUT2D eigenvalue weighted by atomic mass is 9.82. The second kappa shape index (κ2) is 6.85. The van der Waals surface area contributed by atoms with Gasteiger partial charge in [-0.15, -0.1) is 0 Å². The highest BCUT2D eigenvalue weighted by atomic mass is 15.1. The molecular weight excluding hydrogens is 260 g/mol. The first-order valence-electron chi connectivity index (χ1n) is 7.96. The maximum absolute atomic E-state index is 4.18. The summed E-state index contributed by atoms with van der Waals surface area (Å²) in [6.45, 7) is 4.36. The minimum atomic E-state index is 0.836. The fraction of sp³-hybridized carbons (Fsp3) is 0.529. The van der Waals surface area contributed by atoms with E-state index in [9.17, 15) is 0 Å². The third kappa shape index (κ3) is 3.70. The lowest BCUT2D eigenvalue weighted by Crippen LogP contribution is -2.26.